The number of aromatic amines is 1. The fourth-order valence-corrected chi connectivity index (χ4v) is 3.00. The minimum atomic E-state index is -0.347. The van der Waals surface area contributed by atoms with Crippen molar-refractivity contribution in [2.75, 3.05) is 11.1 Å². The van der Waals surface area contributed by atoms with Crippen molar-refractivity contribution < 1.29 is 4.79 Å². The molecule has 0 fully saturated rings. The molecule has 0 saturated carbocycles. The maximum Gasteiger partial charge on any atom is 0.277 e. The molecule has 3 aromatic rings. The van der Waals surface area contributed by atoms with Gasteiger partial charge in [0.1, 0.15) is 0 Å². The van der Waals surface area contributed by atoms with Gasteiger partial charge in [0.2, 0.25) is 5.91 Å². The van der Waals surface area contributed by atoms with Crippen molar-refractivity contribution in [2.24, 2.45) is 0 Å². The first-order valence-electron chi connectivity index (χ1n) is 8.86. The van der Waals surface area contributed by atoms with Crippen LogP contribution in [0, 0.1) is 0 Å². The third-order valence-corrected chi connectivity index (χ3v) is 4.78. The Labute approximate surface area is 167 Å². The van der Waals surface area contributed by atoms with Crippen molar-refractivity contribution in [3.63, 3.8) is 0 Å². The van der Waals surface area contributed by atoms with Gasteiger partial charge in [0.05, 0.1) is 5.75 Å². The number of nitrogens with zero attached hydrogens (tertiary/aromatic N) is 2. The number of carbonyl (C=O) groups excluding carboxylic acids is 1. The quantitative estimate of drug-likeness (QED) is 0.600. The number of benzene rings is 2. The van der Waals surface area contributed by atoms with E-state index in [1.165, 1.54) is 5.56 Å². The molecule has 28 heavy (non-hydrogen) atoms. The highest BCUT2D eigenvalue weighted by molar-refractivity contribution is 7.99. The molecule has 1 amide bonds. The number of H-pyrrole nitrogens is 1. The van der Waals surface area contributed by atoms with Gasteiger partial charge >= 0.3 is 0 Å². The number of hydrogen-bond acceptors (Lipinski definition) is 5. The molecule has 0 aliphatic carbocycles. The summed E-state index contributed by atoms with van der Waals surface area (Å²) in [5, 5.41) is 11.0. The molecule has 6 nitrogen and oxygen atoms in total. The second-order valence-electron chi connectivity index (χ2n) is 5.98. The number of aromatic nitrogens is 3. The Balaban J connectivity index is 1.56. The minimum Gasteiger partial charge on any atom is -0.325 e. The van der Waals surface area contributed by atoms with Gasteiger partial charge in [-0.15, -0.1) is 10.2 Å². The summed E-state index contributed by atoms with van der Waals surface area (Å²) in [6.07, 6.45) is 4.36. The summed E-state index contributed by atoms with van der Waals surface area (Å²) in [5.41, 5.74) is 2.78. The van der Waals surface area contributed by atoms with Crippen LogP contribution in [0.25, 0.3) is 12.2 Å². The third-order valence-electron chi connectivity index (χ3n) is 3.92. The normalized spacial score (nSPS) is 10.9. The van der Waals surface area contributed by atoms with Crippen LogP contribution < -0.4 is 10.9 Å². The Morgan fingerprint density at radius 2 is 1.82 bits per heavy atom. The standard InChI is InChI=1S/C21H20N4O2S/c1-2-15-8-11-17(12-9-15)22-19(26)14-28-21-23-20(27)18(24-25-21)13-10-16-6-4-3-5-7-16/h3-13H,2,14H2,1H3,(H,22,26)(H,23,25,27)/b13-10+. The van der Waals surface area contributed by atoms with Crippen molar-refractivity contribution in [3.05, 3.63) is 81.8 Å². The van der Waals surface area contributed by atoms with Gasteiger partial charge in [-0.2, -0.15) is 0 Å². The molecule has 1 heterocycles. The molecule has 7 heteroatoms. The molecule has 0 unspecified atom stereocenters. The Hall–Kier alpha value is -3.19. The van der Waals surface area contributed by atoms with Crippen molar-refractivity contribution in [1.82, 2.24) is 15.2 Å². The largest absolute Gasteiger partial charge is 0.325 e. The zero-order chi connectivity index (χ0) is 19.8. The first-order chi connectivity index (χ1) is 13.6. The third kappa shape index (κ3) is 5.65. The monoisotopic (exact) mass is 392 g/mol. The molecule has 142 valence electrons. The van der Waals surface area contributed by atoms with E-state index < -0.39 is 0 Å². The summed E-state index contributed by atoms with van der Waals surface area (Å²) in [7, 11) is 0. The second kappa shape index (κ2) is 9.66. The topological polar surface area (TPSA) is 87.7 Å². The molecular weight excluding hydrogens is 372 g/mol. The second-order valence-corrected chi connectivity index (χ2v) is 6.94. The summed E-state index contributed by atoms with van der Waals surface area (Å²) < 4.78 is 0. The van der Waals surface area contributed by atoms with E-state index in [1.807, 2.05) is 54.6 Å². The van der Waals surface area contributed by atoms with Crippen LogP contribution in [-0.4, -0.2) is 26.8 Å². The lowest BCUT2D eigenvalue weighted by atomic mass is 10.1. The van der Waals surface area contributed by atoms with Crippen LogP contribution in [0.15, 0.2) is 64.5 Å². The SMILES string of the molecule is CCc1ccc(NC(=O)CSc2nnc(/C=C/c3ccccc3)c(=O)[nH]2)cc1. The first kappa shape index (κ1) is 19.6. The lowest BCUT2D eigenvalue weighted by Gasteiger charge is -2.05. The average Bonchev–Trinajstić information content (AvgIpc) is 2.73. The number of thioether (sulfide) groups is 1. The number of nitrogens with one attached hydrogen (secondary N) is 2. The molecule has 1 aromatic heterocycles. The Kier molecular flexibility index (Phi) is 6.75. The van der Waals surface area contributed by atoms with Gasteiger partial charge in [-0.1, -0.05) is 67.2 Å². The number of amides is 1. The molecule has 2 aromatic carbocycles. The van der Waals surface area contributed by atoms with E-state index in [4.69, 9.17) is 0 Å². The van der Waals surface area contributed by atoms with Gasteiger partial charge in [0, 0.05) is 5.69 Å². The summed E-state index contributed by atoms with van der Waals surface area (Å²) in [4.78, 5) is 26.9. The van der Waals surface area contributed by atoms with Crippen molar-refractivity contribution in [1.29, 1.82) is 0 Å². The van der Waals surface area contributed by atoms with Crippen LogP contribution >= 0.6 is 11.8 Å². The number of anilines is 1. The lowest BCUT2D eigenvalue weighted by Crippen LogP contribution is -2.17. The molecule has 0 bridgehead atoms. The highest BCUT2D eigenvalue weighted by Gasteiger charge is 2.07. The predicted octanol–water partition coefficient (Wildman–Crippen LogP) is 3.63. The van der Waals surface area contributed by atoms with Gasteiger partial charge in [-0.05, 0) is 35.8 Å². The Morgan fingerprint density at radius 1 is 1.07 bits per heavy atom. The zero-order valence-corrected chi connectivity index (χ0v) is 16.2. The summed E-state index contributed by atoms with van der Waals surface area (Å²) >= 11 is 1.13. The minimum absolute atomic E-state index is 0.124. The van der Waals surface area contributed by atoms with Gasteiger partial charge in [-0.25, -0.2) is 0 Å². The number of rotatable bonds is 7. The molecule has 0 radical (unpaired) electrons. The van der Waals surface area contributed by atoms with Gasteiger partial charge < -0.3 is 5.32 Å². The molecule has 0 aliphatic rings. The van der Waals surface area contributed by atoms with Crippen molar-refractivity contribution >= 4 is 35.5 Å². The summed E-state index contributed by atoms with van der Waals surface area (Å²) in [6, 6.07) is 17.3. The van der Waals surface area contributed by atoms with E-state index in [9.17, 15) is 9.59 Å². The highest BCUT2D eigenvalue weighted by Crippen LogP contribution is 2.13. The Bertz CT molecular complexity index is 1010. The van der Waals surface area contributed by atoms with Crippen LogP contribution in [0.4, 0.5) is 5.69 Å². The fourth-order valence-electron chi connectivity index (χ4n) is 2.40. The lowest BCUT2D eigenvalue weighted by molar-refractivity contribution is -0.113. The maximum absolute atomic E-state index is 12.1. The van der Waals surface area contributed by atoms with Gasteiger partial charge in [0.15, 0.2) is 10.9 Å². The van der Waals surface area contributed by atoms with Crippen LogP contribution in [0.5, 0.6) is 0 Å². The van der Waals surface area contributed by atoms with Crippen LogP contribution in [0.3, 0.4) is 0 Å². The number of aryl methyl sites for hydroxylation is 1. The number of hydrogen-bond donors (Lipinski definition) is 2. The van der Waals surface area contributed by atoms with E-state index in [0.717, 1.165) is 29.4 Å². The predicted molar refractivity (Wildman–Crippen MR) is 113 cm³/mol. The molecular formula is C21H20N4O2S. The van der Waals surface area contributed by atoms with Gasteiger partial charge in [0.25, 0.3) is 5.56 Å². The van der Waals surface area contributed by atoms with E-state index in [0.29, 0.717) is 5.16 Å². The molecule has 0 aliphatic heterocycles. The molecule has 0 atom stereocenters. The van der Waals surface area contributed by atoms with Crippen molar-refractivity contribution in [3.8, 4) is 0 Å². The smallest absolute Gasteiger partial charge is 0.277 e. The van der Waals surface area contributed by atoms with Crippen molar-refractivity contribution in [2.45, 2.75) is 18.5 Å². The van der Waals surface area contributed by atoms with Gasteiger partial charge in [-0.3, -0.25) is 14.6 Å². The summed E-state index contributed by atoms with van der Waals surface area (Å²) in [6.45, 7) is 2.08. The molecule has 3 rings (SSSR count). The molecule has 0 saturated heterocycles. The zero-order valence-electron chi connectivity index (χ0n) is 15.4. The highest BCUT2D eigenvalue weighted by atomic mass is 32.2. The van der Waals surface area contributed by atoms with E-state index in [-0.39, 0.29) is 22.9 Å². The summed E-state index contributed by atoms with van der Waals surface area (Å²) in [5.74, 6) is -0.0516. The van der Waals surface area contributed by atoms with E-state index in [2.05, 4.69) is 27.4 Å². The molecule has 0 spiro atoms. The van der Waals surface area contributed by atoms with Crippen LogP contribution in [0.2, 0.25) is 0 Å². The maximum atomic E-state index is 12.1. The van der Waals surface area contributed by atoms with Crippen LogP contribution in [-0.2, 0) is 11.2 Å². The molecule has 2 N–H and O–H groups in total. The fraction of sp³-hybridized carbons (Fsp3) is 0.143. The van der Waals surface area contributed by atoms with E-state index >= 15 is 0 Å². The van der Waals surface area contributed by atoms with Crippen LogP contribution in [0.1, 0.15) is 23.7 Å². The average molecular weight is 392 g/mol. The first-order valence-corrected chi connectivity index (χ1v) is 9.84. The number of carbonyl (C=O) groups is 1. The van der Waals surface area contributed by atoms with E-state index in [1.54, 1.807) is 12.2 Å². The Morgan fingerprint density at radius 3 is 2.50 bits per heavy atom.